The summed E-state index contributed by atoms with van der Waals surface area (Å²) in [5.74, 6) is 0. The van der Waals surface area contributed by atoms with Crippen molar-refractivity contribution in [1.82, 2.24) is 4.90 Å². The molecule has 110 valence electrons. The van der Waals surface area contributed by atoms with Crippen LogP contribution >= 0.6 is 15.9 Å². The average molecular weight is 342 g/mol. The summed E-state index contributed by atoms with van der Waals surface area (Å²) in [5.41, 5.74) is 0.557. The maximum Gasteiger partial charge on any atom is 0.410 e. The first-order valence-corrected chi connectivity index (χ1v) is 7.49. The lowest BCUT2D eigenvalue weighted by molar-refractivity contribution is -0.0331. The predicted octanol–water partition coefficient (Wildman–Crippen LogP) is 3.76. The highest BCUT2D eigenvalue weighted by molar-refractivity contribution is 9.10. The van der Waals surface area contributed by atoms with Crippen LogP contribution in [0, 0.1) is 0 Å². The third kappa shape index (κ3) is 3.96. The monoisotopic (exact) mass is 341 g/mol. The fourth-order valence-corrected chi connectivity index (χ4v) is 2.55. The summed E-state index contributed by atoms with van der Waals surface area (Å²) in [5, 5.41) is 0. The van der Waals surface area contributed by atoms with E-state index in [4.69, 9.17) is 9.47 Å². The second-order valence-corrected chi connectivity index (χ2v) is 6.74. The molecule has 4 nitrogen and oxygen atoms in total. The van der Waals surface area contributed by atoms with Gasteiger partial charge in [-0.1, -0.05) is 28.1 Å². The van der Waals surface area contributed by atoms with Gasteiger partial charge in [0.15, 0.2) is 0 Å². The van der Waals surface area contributed by atoms with Crippen LogP contribution in [0.1, 0.15) is 32.4 Å². The first kappa shape index (κ1) is 15.3. The third-order valence-electron chi connectivity index (χ3n) is 2.99. The highest BCUT2D eigenvalue weighted by Crippen LogP contribution is 2.27. The normalized spacial score (nSPS) is 19.8. The average Bonchev–Trinajstić information content (AvgIpc) is 2.37. The summed E-state index contributed by atoms with van der Waals surface area (Å²) < 4.78 is 12.0. The summed E-state index contributed by atoms with van der Waals surface area (Å²) in [7, 11) is 0. The van der Waals surface area contributed by atoms with E-state index < -0.39 is 5.60 Å². The van der Waals surface area contributed by atoms with Crippen molar-refractivity contribution in [3.63, 3.8) is 0 Å². The summed E-state index contributed by atoms with van der Waals surface area (Å²) in [4.78, 5) is 14.1. The van der Waals surface area contributed by atoms with Crippen LogP contribution in [-0.4, -0.2) is 36.4 Å². The Morgan fingerprint density at radius 2 is 2.20 bits per heavy atom. The molecule has 0 bridgehead atoms. The van der Waals surface area contributed by atoms with E-state index in [-0.39, 0.29) is 12.1 Å². The van der Waals surface area contributed by atoms with Crippen molar-refractivity contribution >= 4 is 22.0 Å². The van der Waals surface area contributed by atoms with Gasteiger partial charge in [0, 0.05) is 11.0 Å². The Morgan fingerprint density at radius 1 is 1.45 bits per heavy atom. The molecule has 1 unspecified atom stereocenters. The summed E-state index contributed by atoms with van der Waals surface area (Å²) in [6, 6.07) is 7.83. The Bertz CT molecular complexity index is 484. The molecule has 0 N–H and O–H groups in total. The van der Waals surface area contributed by atoms with Gasteiger partial charge in [-0.2, -0.15) is 0 Å². The van der Waals surface area contributed by atoms with E-state index in [9.17, 15) is 4.79 Å². The van der Waals surface area contributed by atoms with Gasteiger partial charge in [-0.3, -0.25) is 4.90 Å². The first-order chi connectivity index (χ1) is 9.37. The minimum atomic E-state index is -0.489. The van der Waals surface area contributed by atoms with Crippen molar-refractivity contribution in [3.05, 3.63) is 34.3 Å². The third-order valence-corrected chi connectivity index (χ3v) is 3.48. The molecule has 20 heavy (non-hydrogen) atoms. The van der Waals surface area contributed by atoms with Crippen LogP contribution in [0.3, 0.4) is 0 Å². The Balaban J connectivity index is 2.19. The van der Waals surface area contributed by atoms with E-state index in [2.05, 4.69) is 15.9 Å². The number of carbonyl (C=O) groups excluding carboxylic acids is 1. The number of ether oxygens (including phenoxy) is 2. The van der Waals surface area contributed by atoms with Crippen molar-refractivity contribution in [3.8, 4) is 0 Å². The molecule has 1 aliphatic rings. The molecule has 1 aromatic carbocycles. The van der Waals surface area contributed by atoms with E-state index in [1.807, 2.05) is 45.0 Å². The predicted molar refractivity (Wildman–Crippen MR) is 80.6 cm³/mol. The van der Waals surface area contributed by atoms with Gasteiger partial charge < -0.3 is 9.47 Å². The molecule has 1 fully saturated rings. The van der Waals surface area contributed by atoms with Crippen LogP contribution in [-0.2, 0) is 9.47 Å². The Morgan fingerprint density at radius 3 is 2.85 bits per heavy atom. The topological polar surface area (TPSA) is 38.8 Å². The number of hydrogen-bond donors (Lipinski definition) is 0. The molecule has 1 heterocycles. The summed E-state index contributed by atoms with van der Waals surface area (Å²) in [6.07, 6.45) is -0.286. The number of nitrogens with zero attached hydrogens (tertiary/aromatic N) is 1. The van der Waals surface area contributed by atoms with Gasteiger partial charge in [0.1, 0.15) is 5.60 Å². The second kappa shape index (κ2) is 6.14. The SMILES string of the molecule is CC(C)(C)OC(=O)N1CCOCC1c1cccc(Br)c1. The van der Waals surface area contributed by atoms with Gasteiger partial charge in [0.25, 0.3) is 0 Å². The van der Waals surface area contributed by atoms with Crippen molar-refractivity contribution in [2.24, 2.45) is 0 Å². The van der Waals surface area contributed by atoms with E-state index in [1.165, 1.54) is 0 Å². The van der Waals surface area contributed by atoms with Crippen LogP contribution < -0.4 is 0 Å². The molecule has 0 radical (unpaired) electrons. The number of halogens is 1. The maximum absolute atomic E-state index is 12.3. The maximum atomic E-state index is 12.3. The van der Waals surface area contributed by atoms with Crippen molar-refractivity contribution in [2.75, 3.05) is 19.8 Å². The summed E-state index contributed by atoms with van der Waals surface area (Å²) in [6.45, 7) is 7.21. The van der Waals surface area contributed by atoms with Crippen LogP contribution in [0.15, 0.2) is 28.7 Å². The van der Waals surface area contributed by atoms with E-state index >= 15 is 0 Å². The van der Waals surface area contributed by atoms with Crippen molar-refractivity contribution in [1.29, 1.82) is 0 Å². The molecule has 1 aliphatic heterocycles. The number of hydrogen-bond acceptors (Lipinski definition) is 3. The lowest BCUT2D eigenvalue weighted by Crippen LogP contribution is -2.45. The van der Waals surface area contributed by atoms with E-state index in [1.54, 1.807) is 4.90 Å². The zero-order valence-corrected chi connectivity index (χ0v) is 13.6. The molecule has 1 saturated heterocycles. The lowest BCUT2D eigenvalue weighted by atomic mass is 10.1. The van der Waals surface area contributed by atoms with E-state index in [0.717, 1.165) is 10.0 Å². The Labute approximate surface area is 128 Å². The van der Waals surface area contributed by atoms with Gasteiger partial charge in [0.2, 0.25) is 0 Å². The lowest BCUT2D eigenvalue weighted by Gasteiger charge is -2.36. The highest BCUT2D eigenvalue weighted by Gasteiger charge is 2.31. The molecule has 0 spiro atoms. The first-order valence-electron chi connectivity index (χ1n) is 6.70. The second-order valence-electron chi connectivity index (χ2n) is 5.82. The Hall–Kier alpha value is -1.07. The highest BCUT2D eigenvalue weighted by atomic mass is 79.9. The smallest absolute Gasteiger partial charge is 0.410 e. The van der Waals surface area contributed by atoms with Gasteiger partial charge in [-0.05, 0) is 38.5 Å². The van der Waals surface area contributed by atoms with Gasteiger partial charge in [-0.25, -0.2) is 4.79 Å². The zero-order valence-electron chi connectivity index (χ0n) is 12.1. The molecule has 5 heteroatoms. The molecule has 1 aromatic rings. The quantitative estimate of drug-likeness (QED) is 0.780. The molecular formula is C15H20BrNO3. The molecule has 1 amide bonds. The van der Waals surface area contributed by atoms with Crippen LogP contribution in [0.5, 0.6) is 0 Å². The van der Waals surface area contributed by atoms with Crippen LogP contribution in [0.25, 0.3) is 0 Å². The zero-order chi connectivity index (χ0) is 14.8. The van der Waals surface area contributed by atoms with Gasteiger partial charge in [-0.15, -0.1) is 0 Å². The molecule has 0 saturated carbocycles. The molecular weight excluding hydrogens is 322 g/mol. The number of carbonyl (C=O) groups is 1. The van der Waals surface area contributed by atoms with Crippen LogP contribution in [0.4, 0.5) is 4.79 Å². The van der Waals surface area contributed by atoms with Crippen LogP contribution in [0.2, 0.25) is 0 Å². The summed E-state index contributed by atoms with van der Waals surface area (Å²) >= 11 is 3.46. The molecule has 1 atom stereocenters. The molecule has 2 rings (SSSR count). The number of rotatable bonds is 1. The Kier molecular flexibility index (Phi) is 4.70. The van der Waals surface area contributed by atoms with Gasteiger partial charge in [0.05, 0.1) is 19.3 Å². The molecule has 0 aliphatic carbocycles. The number of amides is 1. The fourth-order valence-electron chi connectivity index (χ4n) is 2.13. The largest absolute Gasteiger partial charge is 0.444 e. The van der Waals surface area contributed by atoms with E-state index in [0.29, 0.717) is 19.8 Å². The minimum Gasteiger partial charge on any atom is -0.444 e. The minimum absolute atomic E-state index is 0.101. The number of morpholine rings is 1. The number of benzene rings is 1. The fraction of sp³-hybridized carbons (Fsp3) is 0.533. The van der Waals surface area contributed by atoms with Gasteiger partial charge >= 0.3 is 6.09 Å². The van der Waals surface area contributed by atoms with Crippen molar-refractivity contribution < 1.29 is 14.3 Å². The molecule has 0 aromatic heterocycles. The van der Waals surface area contributed by atoms with Crippen molar-refractivity contribution in [2.45, 2.75) is 32.4 Å². The standard InChI is InChI=1S/C15H20BrNO3/c1-15(2,3)20-14(18)17-7-8-19-10-13(17)11-5-4-6-12(16)9-11/h4-6,9,13H,7-8,10H2,1-3H3.